The molecule has 19 nitrogen and oxygen atoms in total. The van der Waals surface area contributed by atoms with E-state index in [0.717, 1.165) is 54.0 Å². The highest BCUT2D eigenvalue weighted by atomic mass is 32.2. The number of hydrogen-bond acceptors (Lipinski definition) is 16. The zero-order valence-corrected chi connectivity index (χ0v) is 45.2. The molecular weight excluding hydrogens is 1060 g/mol. The molecule has 6 rings (SSSR count). The van der Waals surface area contributed by atoms with Gasteiger partial charge in [-0.3, -0.25) is 12.6 Å². The summed E-state index contributed by atoms with van der Waals surface area (Å²) in [6, 6.07) is 36.7. The number of hydrogen-bond donors (Lipinski definition) is 9. The first-order valence-corrected chi connectivity index (χ1v) is 28.2. The highest BCUT2D eigenvalue weighted by Gasteiger charge is 2.19. The minimum Gasteiger partial charge on any atom is -0.755 e. The van der Waals surface area contributed by atoms with Crippen LogP contribution in [-0.4, -0.2) is 74.1 Å². The maximum atomic E-state index is 12.5. The van der Waals surface area contributed by atoms with Crippen LogP contribution in [-0.2, 0) is 38.5 Å². The predicted octanol–water partition coefficient (Wildman–Crippen LogP) is 11.1. The van der Waals surface area contributed by atoms with Crippen LogP contribution >= 0.6 is 23.5 Å². The van der Waals surface area contributed by atoms with Crippen molar-refractivity contribution >= 4 is 121 Å². The number of rotatable bonds is 26. The summed E-state index contributed by atoms with van der Waals surface area (Å²) in [7, 11) is 0. The van der Waals surface area contributed by atoms with Gasteiger partial charge in [-0.1, -0.05) is 118 Å². The van der Waals surface area contributed by atoms with Crippen molar-refractivity contribution in [2.45, 2.75) is 78.9 Å². The monoisotopic (exact) mass is 1120 g/mol. The average Bonchev–Trinajstić information content (AvgIpc) is 3.37. The summed E-state index contributed by atoms with van der Waals surface area (Å²) >= 11 is -5.00. The van der Waals surface area contributed by atoms with Crippen molar-refractivity contribution in [1.82, 2.24) is 0 Å². The number of nitrogens with two attached hydrogens (primary N) is 1. The molecule has 0 aliphatic carbocycles. The van der Waals surface area contributed by atoms with E-state index in [2.05, 4.69) is 37.0 Å². The average molecular weight is 1120 g/mol. The maximum absolute atomic E-state index is 12.5. The Balaban J connectivity index is 0.000000246. The van der Waals surface area contributed by atoms with Crippen LogP contribution in [0.1, 0.15) is 90.4 Å². The summed E-state index contributed by atoms with van der Waals surface area (Å²) in [5.41, 5.74) is 9.35. The summed E-state index contributed by atoms with van der Waals surface area (Å²) < 4.78 is 78.9. The zero-order valence-electron chi connectivity index (χ0n) is 41.1. The van der Waals surface area contributed by atoms with E-state index in [0.29, 0.717) is 57.8 Å². The van der Waals surface area contributed by atoms with E-state index in [9.17, 15) is 45.8 Å². The van der Waals surface area contributed by atoms with Crippen molar-refractivity contribution in [1.29, 1.82) is 0 Å². The lowest BCUT2D eigenvalue weighted by molar-refractivity contribution is 0.0498. The fourth-order valence-electron chi connectivity index (χ4n) is 6.49. The lowest BCUT2D eigenvalue weighted by atomic mass is 10.1. The molecule has 402 valence electrons. The number of aromatic carboxylic acids is 2. The van der Waals surface area contributed by atoms with E-state index in [-0.39, 0.29) is 28.2 Å². The normalized spacial score (nSPS) is 11.7. The minimum atomic E-state index is -2.58. The second-order valence-corrected chi connectivity index (χ2v) is 20.0. The Kier molecular flexibility index (Phi) is 26.5. The van der Waals surface area contributed by atoms with Gasteiger partial charge in [-0.05, 0) is 92.1 Å². The van der Waals surface area contributed by atoms with Crippen LogP contribution in [0.15, 0.2) is 147 Å². The molecule has 75 heavy (non-hydrogen) atoms. The first-order chi connectivity index (χ1) is 36.0. The summed E-state index contributed by atoms with van der Waals surface area (Å²) in [5, 5.41) is 28.0. The number of para-hydroxylation sites is 1. The number of esters is 1. The van der Waals surface area contributed by atoms with Crippen molar-refractivity contribution < 1.29 is 55.6 Å². The van der Waals surface area contributed by atoms with Gasteiger partial charge in [0.1, 0.15) is 0 Å². The molecule has 24 heteroatoms. The Hall–Kier alpha value is -6.64. The molecule has 0 saturated carbocycles. The molecule has 0 radical (unpaired) electrons. The number of nitrogens with one attached hydrogen (secondary N) is 6. The molecule has 10 N–H and O–H groups in total. The number of unbranched alkanes of at least 4 members (excludes halogenated alkanes) is 3. The Morgan fingerprint density at radius 2 is 0.960 bits per heavy atom. The molecule has 3 atom stereocenters. The standard InChI is InChI=1S/C21H28N2O4S2.C17H21N3O4S.C13H12N2O4S2/c1-3-5-12-22-18-14-16(21(24)27-13-6-4-2)15-19(23-29(25)26)20(18)28-17-10-8-7-9-11-17;1-2-3-9-18-14-10-12(17(21)22)11-15(20-25(23)24)16(14)19-13-7-5-4-6-8-13;14-10-6-8(13(16)17)7-11(15-21(18)19)12(10)20-9-4-2-1-3-5-9/h7-11,14-15,22-23H,3-6,12-13H2,1-2H3,(H,25,26);4-8,10-11,18-20H,2-3,9H2,1H3,(H,21,22)(H,23,24);1-7,15H,14H2,(H,16,17)(H,18,19)/p-3. The topological polar surface area (TPSA) is 319 Å². The molecule has 6 aromatic rings. The van der Waals surface area contributed by atoms with Crippen LogP contribution < -0.4 is 35.9 Å². The van der Waals surface area contributed by atoms with E-state index in [1.54, 1.807) is 6.07 Å². The smallest absolute Gasteiger partial charge is 0.338 e. The molecule has 0 aromatic heterocycles. The molecule has 3 unspecified atom stereocenters. The lowest BCUT2D eigenvalue weighted by Crippen LogP contribution is -2.12. The fourth-order valence-corrected chi connectivity index (χ4v) is 9.55. The first-order valence-electron chi connectivity index (χ1n) is 23.3. The van der Waals surface area contributed by atoms with Crippen LogP contribution in [0.25, 0.3) is 0 Å². The first kappa shape index (κ1) is 60.9. The van der Waals surface area contributed by atoms with Gasteiger partial charge < -0.3 is 64.5 Å². The third-order valence-electron chi connectivity index (χ3n) is 10.0. The van der Waals surface area contributed by atoms with Crippen LogP contribution in [0.3, 0.4) is 0 Å². The number of carboxylic acid groups (broad SMARTS) is 2. The van der Waals surface area contributed by atoms with Gasteiger partial charge in [0.05, 0.1) is 67.2 Å². The number of anilines is 8. The number of nitrogen functional groups attached to an aromatic ring is 1. The van der Waals surface area contributed by atoms with Crippen LogP contribution in [0.5, 0.6) is 0 Å². The number of carboxylic acids is 2. The van der Waals surface area contributed by atoms with Crippen LogP contribution in [0, 0.1) is 0 Å². The number of carbonyl (C=O) groups excluding carboxylic acids is 1. The largest absolute Gasteiger partial charge is 0.755 e. The second-order valence-electron chi connectivity index (χ2n) is 15.8. The molecule has 0 amide bonds. The minimum absolute atomic E-state index is 0.00874. The van der Waals surface area contributed by atoms with Crippen molar-refractivity contribution in [3.63, 3.8) is 0 Å². The predicted molar refractivity (Wildman–Crippen MR) is 298 cm³/mol. The van der Waals surface area contributed by atoms with Gasteiger partial charge in [-0.25, -0.2) is 14.4 Å². The molecule has 0 fully saturated rings. The number of benzene rings is 6. The summed E-state index contributed by atoms with van der Waals surface area (Å²) in [6.07, 6.45) is 5.55. The Labute approximate surface area is 452 Å². The van der Waals surface area contributed by atoms with Crippen molar-refractivity contribution in [3.05, 3.63) is 144 Å². The molecule has 0 bridgehead atoms. The van der Waals surface area contributed by atoms with Gasteiger partial charge in [0.2, 0.25) is 0 Å². The molecule has 6 aromatic carbocycles. The van der Waals surface area contributed by atoms with Gasteiger partial charge in [-0.15, -0.1) is 0 Å². The highest BCUT2D eigenvalue weighted by Crippen LogP contribution is 2.42. The summed E-state index contributed by atoms with van der Waals surface area (Å²) in [4.78, 5) is 37.8. The molecule has 0 aliphatic rings. The Morgan fingerprint density at radius 3 is 1.47 bits per heavy atom. The molecule has 0 saturated heterocycles. The molecule has 0 aliphatic heterocycles. The van der Waals surface area contributed by atoms with Gasteiger partial charge in [-0.2, -0.15) is 0 Å². The summed E-state index contributed by atoms with van der Waals surface area (Å²) in [5.74, 6) is -2.78. The van der Waals surface area contributed by atoms with Crippen LogP contribution in [0.4, 0.5) is 45.5 Å². The van der Waals surface area contributed by atoms with E-state index in [4.69, 9.17) is 15.6 Å². The van der Waals surface area contributed by atoms with Crippen molar-refractivity contribution in [3.8, 4) is 0 Å². The van der Waals surface area contributed by atoms with Crippen LogP contribution in [0.2, 0.25) is 0 Å². The van der Waals surface area contributed by atoms with E-state index >= 15 is 0 Å². The maximum Gasteiger partial charge on any atom is 0.338 e. The molecular formula is C51H58N7O12S5-3. The zero-order chi connectivity index (χ0) is 54.7. The third-order valence-corrected chi connectivity index (χ3v) is 13.5. The Morgan fingerprint density at radius 1 is 0.547 bits per heavy atom. The van der Waals surface area contributed by atoms with Crippen molar-refractivity contribution in [2.24, 2.45) is 0 Å². The quantitative estimate of drug-likeness (QED) is 0.0105. The second kappa shape index (κ2) is 32.6. The van der Waals surface area contributed by atoms with E-state index in [1.807, 2.05) is 105 Å². The Bertz CT molecular complexity index is 2870. The number of ether oxygens (including phenoxy) is 1. The van der Waals surface area contributed by atoms with Gasteiger partial charge >= 0.3 is 17.9 Å². The van der Waals surface area contributed by atoms with E-state index < -0.39 is 51.7 Å². The molecule has 0 spiro atoms. The molecule has 0 heterocycles. The summed E-state index contributed by atoms with van der Waals surface area (Å²) in [6.45, 7) is 7.86. The highest BCUT2D eigenvalue weighted by molar-refractivity contribution is 8.00. The van der Waals surface area contributed by atoms with Gasteiger partial charge in [0.25, 0.3) is 0 Å². The number of carbonyl (C=O) groups is 3. The lowest BCUT2D eigenvalue weighted by Gasteiger charge is -2.20. The SMILES string of the molecule is CCCCNc1cc(C(=O)O)cc(NS(=O)[O-])c1Nc1ccccc1.CCCCNc1cc(C(=O)OCCCC)cc(NS(=O)[O-])c1Sc1ccccc1.Nc1cc(C(=O)O)cc(NS(=O)[O-])c1Sc1ccccc1. The van der Waals surface area contributed by atoms with Gasteiger partial charge in [0.15, 0.2) is 0 Å². The van der Waals surface area contributed by atoms with Gasteiger partial charge in [0, 0.05) is 68.1 Å². The van der Waals surface area contributed by atoms with Crippen molar-refractivity contribution in [2.75, 3.05) is 55.5 Å². The van der Waals surface area contributed by atoms with E-state index in [1.165, 1.54) is 53.9 Å². The fraction of sp³-hybridized carbons (Fsp3) is 0.235. The third kappa shape index (κ3) is 21.3.